The van der Waals surface area contributed by atoms with E-state index in [0.717, 1.165) is 23.1 Å². The van der Waals surface area contributed by atoms with Crippen LogP contribution in [0.1, 0.15) is 54.0 Å². The molecule has 0 saturated carbocycles. The summed E-state index contributed by atoms with van der Waals surface area (Å²) in [7, 11) is -3.40. The largest absolute Gasteiger partial charge is 0.382 e. The smallest absolute Gasteiger partial charge is 0.312 e. The van der Waals surface area contributed by atoms with Crippen LogP contribution in [0.25, 0.3) is 11.2 Å². The number of imidazole rings is 1. The SMILES string of the molecule is CCNS(=O)(=O)CCCn1c(Cc2cc3c(cc2C)CCC3F)nc2c(N)nc(F)nc21. The van der Waals surface area contributed by atoms with E-state index in [1.165, 1.54) is 0 Å². The van der Waals surface area contributed by atoms with Crippen molar-refractivity contribution in [1.29, 1.82) is 0 Å². The third kappa shape index (κ3) is 4.44. The number of fused-ring (bicyclic) bond motifs is 2. The van der Waals surface area contributed by atoms with E-state index in [9.17, 15) is 17.2 Å². The number of nitrogens with two attached hydrogens (primary N) is 1. The number of sulfonamides is 1. The molecule has 8 nitrogen and oxygen atoms in total. The van der Waals surface area contributed by atoms with Crippen molar-refractivity contribution in [3.8, 4) is 0 Å². The first-order chi connectivity index (χ1) is 15.2. The minimum atomic E-state index is -3.40. The molecule has 2 heterocycles. The van der Waals surface area contributed by atoms with Crippen molar-refractivity contribution in [3.63, 3.8) is 0 Å². The van der Waals surface area contributed by atoms with Crippen molar-refractivity contribution in [2.75, 3.05) is 18.0 Å². The fourth-order valence-corrected chi connectivity index (χ4v) is 5.35. The van der Waals surface area contributed by atoms with Crippen LogP contribution in [0.4, 0.5) is 14.6 Å². The number of benzene rings is 1. The molecule has 1 aliphatic carbocycles. The number of anilines is 1. The molecule has 0 spiro atoms. The van der Waals surface area contributed by atoms with Crippen molar-refractivity contribution >= 4 is 27.0 Å². The van der Waals surface area contributed by atoms with Crippen LogP contribution in [0, 0.1) is 13.0 Å². The molecule has 172 valence electrons. The number of alkyl halides is 1. The lowest BCUT2D eigenvalue weighted by molar-refractivity contribution is 0.343. The van der Waals surface area contributed by atoms with Gasteiger partial charge in [-0.3, -0.25) is 0 Å². The normalized spacial score (nSPS) is 16.1. The third-order valence-corrected chi connectivity index (χ3v) is 7.34. The Kier molecular flexibility index (Phi) is 6.13. The predicted octanol–water partition coefficient (Wildman–Crippen LogP) is 2.73. The van der Waals surface area contributed by atoms with Crippen LogP contribution < -0.4 is 10.5 Å². The van der Waals surface area contributed by atoms with Crippen LogP contribution in [-0.4, -0.2) is 40.2 Å². The first kappa shape index (κ1) is 22.5. The van der Waals surface area contributed by atoms with Gasteiger partial charge in [0.25, 0.3) is 0 Å². The Hall–Kier alpha value is -2.66. The second-order valence-electron chi connectivity index (χ2n) is 8.06. The zero-order valence-electron chi connectivity index (χ0n) is 18.0. The van der Waals surface area contributed by atoms with Gasteiger partial charge in [0.1, 0.15) is 12.0 Å². The molecule has 0 saturated heterocycles. The first-order valence-corrected chi connectivity index (χ1v) is 12.3. The van der Waals surface area contributed by atoms with Crippen LogP contribution in [-0.2, 0) is 29.4 Å². The highest BCUT2D eigenvalue weighted by atomic mass is 32.2. The lowest BCUT2D eigenvalue weighted by Crippen LogP contribution is -2.26. The monoisotopic (exact) mass is 464 g/mol. The van der Waals surface area contributed by atoms with Gasteiger partial charge in [0, 0.05) is 19.5 Å². The summed E-state index contributed by atoms with van der Waals surface area (Å²) < 4.78 is 56.3. The highest BCUT2D eigenvalue weighted by Crippen LogP contribution is 2.36. The Balaban J connectivity index is 1.70. The molecule has 1 aromatic carbocycles. The Morgan fingerprint density at radius 2 is 2.06 bits per heavy atom. The number of aromatic nitrogens is 4. The third-order valence-electron chi connectivity index (χ3n) is 5.78. The molecule has 4 rings (SSSR count). The summed E-state index contributed by atoms with van der Waals surface area (Å²) in [5.41, 5.74) is 9.99. The molecule has 3 aromatic rings. The van der Waals surface area contributed by atoms with Crippen molar-refractivity contribution in [2.45, 2.75) is 52.2 Å². The number of nitrogen functional groups attached to an aromatic ring is 1. The molecule has 0 fully saturated rings. The van der Waals surface area contributed by atoms with Gasteiger partial charge in [-0.1, -0.05) is 19.1 Å². The van der Waals surface area contributed by atoms with Gasteiger partial charge in [0.05, 0.1) is 5.75 Å². The molecule has 11 heteroatoms. The van der Waals surface area contributed by atoms with Crippen molar-refractivity contribution in [3.05, 3.63) is 46.3 Å². The van der Waals surface area contributed by atoms with E-state index in [1.54, 1.807) is 11.5 Å². The molecule has 1 atom stereocenters. The number of hydrogen-bond donors (Lipinski definition) is 2. The van der Waals surface area contributed by atoms with Gasteiger partial charge in [-0.15, -0.1) is 0 Å². The van der Waals surface area contributed by atoms with E-state index < -0.39 is 22.3 Å². The van der Waals surface area contributed by atoms with E-state index in [1.807, 2.05) is 19.1 Å². The maximum absolute atomic E-state index is 14.3. The number of nitrogens with one attached hydrogen (secondary N) is 1. The minimum absolute atomic E-state index is 0.0812. The summed E-state index contributed by atoms with van der Waals surface area (Å²) in [4.78, 5) is 12.0. The maximum Gasteiger partial charge on any atom is 0.312 e. The van der Waals surface area contributed by atoms with Gasteiger partial charge in [-0.2, -0.15) is 14.4 Å². The average molecular weight is 465 g/mol. The standard InChI is InChI=1S/C21H26F2N6O2S/c1-3-25-32(30,31)8-4-7-29-17(26-18-19(24)27-21(23)28-20(18)29)11-14-10-15-13(9-12(14)2)5-6-16(15)22/h9-10,16,25H,3-8,11H2,1-2H3,(H2,24,27,28). The zero-order valence-corrected chi connectivity index (χ0v) is 18.8. The Labute approximate surface area is 185 Å². The molecule has 1 unspecified atom stereocenters. The van der Waals surface area contributed by atoms with E-state index in [-0.39, 0.29) is 35.7 Å². The lowest BCUT2D eigenvalue weighted by Gasteiger charge is -2.13. The fraction of sp³-hybridized carbons (Fsp3) is 0.476. The van der Waals surface area contributed by atoms with E-state index in [4.69, 9.17) is 5.73 Å². The summed E-state index contributed by atoms with van der Waals surface area (Å²) in [5.74, 6) is 0.371. The summed E-state index contributed by atoms with van der Waals surface area (Å²) >= 11 is 0. The fourth-order valence-electron chi connectivity index (χ4n) is 4.25. The Morgan fingerprint density at radius 1 is 1.28 bits per heavy atom. The van der Waals surface area contributed by atoms with E-state index >= 15 is 0 Å². The first-order valence-electron chi connectivity index (χ1n) is 10.6. The molecule has 0 bridgehead atoms. The number of hydrogen-bond acceptors (Lipinski definition) is 6. The van der Waals surface area contributed by atoms with E-state index in [2.05, 4.69) is 19.7 Å². The van der Waals surface area contributed by atoms with E-state index in [0.29, 0.717) is 30.8 Å². The van der Waals surface area contributed by atoms with Crippen molar-refractivity contribution < 1.29 is 17.2 Å². The van der Waals surface area contributed by atoms with Gasteiger partial charge in [-0.25, -0.2) is 22.5 Å². The second-order valence-corrected chi connectivity index (χ2v) is 9.99. The summed E-state index contributed by atoms with van der Waals surface area (Å²) in [6, 6.07) is 3.88. The molecule has 2 aromatic heterocycles. The number of nitrogens with zero attached hydrogens (tertiary/aromatic N) is 4. The maximum atomic E-state index is 14.3. The summed E-state index contributed by atoms with van der Waals surface area (Å²) in [5, 5.41) is 0. The molecule has 0 aliphatic heterocycles. The Bertz CT molecular complexity index is 1280. The topological polar surface area (TPSA) is 116 Å². The number of rotatable bonds is 8. The Morgan fingerprint density at radius 3 is 2.81 bits per heavy atom. The zero-order chi connectivity index (χ0) is 23.0. The van der Waals surface area contributed by atoms with Gasteiger partial charge >= 0.3 is 6.08 Å². The second kappa shape index (κ2) is 8.70. The summed E-state index contributed by atoms with van der Waals surface area (Å²) in [6.45, 7) is 4.24. The van der Waals surface area contributed by atoms with Gasteiger partial charge in [-0.05, 0) is 48.4 Å². The minimum Gasteiger partial charge on any atom is -0.382 e. The molecule has 3 N–H and O–H groups in total. The molecular formula is C21H26F2N6O2S. The van der Waals surface area contributed by atoms with Crippen LogP contribution in [0.2, 0.25) is 0 Å². The van der Waals surface area contributed by atoms with Crippen molar-refractivity contribution in [2.24, 2.45) is 0 Å². The van der Waals surface area contributed by atoms with Crippen LogP contribution in [0.3, 0.4) is 0 Å². The molecule has 0 amide bonds. The summed E-state index contributed by atoms with van der Waals surface area (Å²) in [6.07, 6.45) is -0.116. The quantitative estimate of drug-likeness (QED) is 0.495. The van der Waals surface area contributed by atoms with Gasteiger partial charge in [0.15, 0.2) is 17.0 Å². The van der Waals surface area contributed by atoms with Crippen LogP contribution >= 0.6 is 0 Å². The highest BCUT2D eigenvalue weighted by molar-refractivity contribution is 7.89. The molecule has 0 radical (unpaired) electrons. The predicted molar refractivity (Wildman–Crippen MR) is 118 cm³/mol. The lowest BCUT2D eigenvalue weighted by atomic mass is 9.98. The highest BCUT2D eigenvalue weighted by Gasteiger charge is 2.24. The molecule has 32 heavy (non-hydrogen) atoms. The van der Waals surface area contributed by atoms with Crippen molar-refractivity contribution in [1.82, 2.24) is 24.2 Å². The molecule has 1 aliphatic rings. The van der Waals surface area contributed by atoms with Crippen LogP contribution in [0.15, 0.2) is 12.1 Å². The van der Waals surface area contributed by atoms with Gasteiger partial charge < -0.3 is 10.3 Å². The number of aryl methyl sites for hydroxylation is 3. The average Bonchev–Trinajstić information content (AvgIpc) is 3.23. The number of halogens is 2. The van der Waals surface area contributed by atoms with Crippen LogP contribution in [0.5, 0.6) is 0 Å². The van der Waals surface area contributed by atoms with Gasteiger partial charge in [0.2, 0.25) is 10.0 Å². The molecular weight excluding hydrogens is 438 g/mol.